The number of rotatable bonds is 2. The van der Waals surface area contributed by atoms with E-state index >= 15 is 0 Å². The van der Waals surface area contributed by atoms with Crippen molar-refractivity contribution in [3.63, 3.8) is 0 Å². The zero-order valence-electron chi connectivity index (χ0n) is 7.31. The summed E-state index contributed by atoms with van der Waals surface area (Å²) in [7, 11) is 0. The number of aromatic nitrogens is 1. The highest BCUT2D eigenvalue weighted by Gasteiger charge is 2.33. The SMILES string of the molecule is NCc1cc(N)c(OC(F)(F)F)nc1F. The molecule has 4 nitrogen and oxygen atoms in total. The number of anilines is 1. The number of pyridine rings is 1. The minimum absolute atomic E-state index is 0.0815. The number of ether oxygens (including phenoxy) is 1. The molecule has 1 aromatic rings. The predicted octanol–water partition coefficient (Wildman–Crippen LogP) is 1.16. The van der Waals surface area contributed by atoms with Crippen LogP contribution < -0.4 is 16.2 Å². The van der Waals surface area contributed by atoms with Crippen molar-refractivity contribution in [1.29, 1.82) is 0 Å². The van der Waals surface area contributed by atoms with E-state index in [-0.39, 0.29) is 12.1 Å². The number of nitrogens with two attached hydrogens (primary N) is 2. The Kier molecular flexibility index (Phi) is 2.98. The van der Waals surface area contributed by atoms with Gasteiger partial charge in [-0.15, -0.1) is 13.2 Å². The molecule has 0 aliphatic heterocycles. The summed E-state index contributed by atoms with van der Waals surface area (Å²) < 4.78 is 51.6. The molecule has 1 rings (SSSR count). The Morgan fingerprint density at radius 1 is 1.40 bits per heavy atom. The van der Waals surface area contributed by atoms with E-state index in [1.807, 2.05) is 0 Å². The fourth-order valence-electron chi connectivity index (χ4n) is 0.869. The molecule has 0 atom stereocenters. The standard InChI is InChI=1S/C7H7F4N3O/c8-5-3(2-12)1-4(13)6(14-5)15-7(9,10)11/h1H,2,12-13H2. The van der Waals surface area contributed by atoms with Gasteiger partial charge in [-0.2, -0.15) is 9.37 Å². The Balaban J connectivity index is 3.05. The van der Waals surface area contributed by atoms with E-state index < -0.39 is 23.9 Å². The highest BCUT2D eigenvalue weighted by molar-refractivity contribution is 5.49. The van der Waals surface area contributed by atoms with Crippen LogP contribution in [0.15, 0.2) is 6.07 Å². The highest BCUT2D eigenvalue weighted by Crippen LogP contribution is 2.27. The lowest BCUT2D eigenvalue weighted by Crippen LogP contribution is -2.19. The van der Waals surface area contributed by atoms with Crippen LogP contribution in [0.3, 0.4) is 0 Å². The van der Waals surface area contributed by atoms with Gasteiger partial charge in [-0.3, -0.25) is 0 Å². The second-order valence-corrected chi connectivity index (χ2v) is 2.58. The van der Waals surface area contributed by atoms with E-state index in [4.69, 9.17) is 11.5 Å². The van der Waals surface area contributed by atoms with Crippen molar-refractivity contribution in [3.05, 3.63) is 17.6 Å². The Labute approximate surface area is 81.8 Å². The maximum absolute atomic E-state index is 12.9. The maximum Gasteiger partial charge on any atom is 0.574 e. The Hall–Kier alpha value is -1.57. The molecular formula is C7H7F4N3O. The first-order chi connectivity index (χ1) is 6.83. The third kappa shape index (κ3) is 2.94. The Morgan fingerprint density at radius 3 is 2.47 bits per heavy atom. The van der Waals surface area contributed by atoms with Crippen molar-refractivity contribution in [1.82, 2.24) is 4.98 Å². The van der Waals surface area contributed by atoms with Crippen LogP contribution in [-0.2, 0) is 6.54 Å². The van der Waals surface area contributed by atoms with Gasteiger partial charge >= 0.3 is 6.36 Å². The quantitative estimate of drug-likeness (QED) is 0.585. The van der Waals surface area contributed by atoms with E-state index in [0.717, 1.165) is 6.07 Å². The average Bonchev–Trinajstić information content (AvgIpc) is 2.08. The van der Waals surface area contributed by atoms with Crippen LogP contribution in [0.25, 0.3) is 0 Å². The molecule has 0 spiro atoms. The van der Waals surface area contributed by atoms with E-state index in [9.17, 15) is 17.6 Å². The minimum atomic E-state index is -4.96. The number of nitrogen functional groups attached to an aromatic ring is 1. The lowest BCUT2D eigenvalue weighted by atomic mass is 10.2. The fraction of sp³-hybridized carbons (Fsp3) is 0.286. The number of alkyl halides is 3. The predicted molar refractivity (Wildman–Crippen MR) is 43.2 cm³/mol. The number of hydrogen-bond donors (Lipinski definition) is 2. The molecule has 8 heteroatoms. The summed E-state index contributed by atoms with van der Waals surface area (Å²) in [5.41, 5.74) is 9.76. The van der Waals surface area contributed by atoms with Crippen LogP contribution in [-0.4, -0.2) is 11.3 Å². The molecule has 15 heavy (non-hydrogen) atoms. The van der Waals surface area contributed by atoms with Gasteiger partial charge in [0.1, 0.15) is 0 Å². The summed E-state index contributed by atoms with van der Waals surface area (Å²) >= 11 is 0. The molecule has 0 radical (unpaired) electrons. The average molecular weight is 225 g/mol. The molecule has 0 saturated carbocycles. The van der Waals surface area contributed by atoms with Crippen molar-refractivity contribution in [2.24, 2.45) is 5.73 Å². The fourth-order valence-corrected chi connectivity index (χ4v) is 0.869. The van der Waals surface area contributed by atoms with Gasteiger partial charge in [0.15, 0.2) is 0 Å². The van der Waals surface area contributed by atoms with Gasteiger partial charge in [0.2, 0.25) is 11.8 Å². The third-order valence-corrected chi connectivity index (χ3v) is 1.47. The molecule has 84 valence electrons. The molecule has 0 unspecified atom stereocenters. The first-order valence-electron chi connectivity index (χ1n) is 3.74. The molecule has 4 N–H and O–H groups in total. The van der Waals surface area contributed by atoms with Gasteiger partial charge in [0.05, 0.1) is 5.69 Å². The van der Waals surface area contributed by atoms with Crippen LogP contribution in [0.5, 0.6) is 5.88 Å². The van der Waals surface area contributed by atoms with Crippen LogP contribution in [0, 0.1) is 5.95 Å². The van der Waals surface area contributed by atoms with Gasteiger partial charge in [0, 0.05) is 12.1 Å². The molecule has 0 bridgehead atoms. The molecule has 0 aliphatic rings. The molecule has 0 fully saturated rings. The number of halogens is 4. The van der Waals surface area contributed by atoms with Gasteiger partial charge in [0.25, 0.3) is 0 Å². The Morgan fingerprint density at radius 2 is 2.00 bits per heavy atom. The summed E-state index contributed by atoms with van der Waals surface area (Å²) in [5.74, 6) is -2.15. The van der Waals surface area contributed by atoms with Crippen molar-refractivity contribution in [3.8, 4) is 5.88 Å². The van der Waals surface area contributed by atoms with Crippen LogP contribution in [0.2, 0.25) is 0 Å². The smallest absolute Gasteiger partial charge is 0.394 e. The lowest BCUT2D eigenvalue weighted by molar-refractivity contribution is -0.276. The van der Waals surface area contributed by atoms with E-state index in [2.05, 4.69) is 9.72 Å². The lowest BCUT2D eigenvalue weighted by Gasteiger charge is -2.10. The summed E-state index contributed by atoms with van der Waals surface area (Å²) in [6, 6.07) is 0.948. The zero-order chi connectivity index (χ0) is 11.6. The summed E-state index contributed by atoms with van der Waals surface area (Å²) in [5, 5.41) is 0. The maximum atomic E-state index is 12.9. The number of hydrogen-bond acceptors (Lipinski definition) is 4. The first kappa shape index (κ1) is 11.5. The minimum Gasteiger partial charge on any atom is -0.394 e. The van der Waals surface area contributed by atoms with Crippen molar-refractivity contribution >= 4 is 5.69 Å². The summed E-state index contributed by atoms with van der Waals surface area (Å²) in [4.78, 5) is 2.91. The van der Waals surface area contributed by atoms with Gasteiger partial charge < -0.3 is 16.2 Å². The highest BCUT2D eigenvalue weighted by atomic mass is 19.4. The van der Waals surface area contributed by atoms with Gasteiger partial charge in [-0.25, -0.2) is 0 Å². The second kappa shape index (κ2) is 3.89. The van der Waals surface area contributed by atoms with Crippen molar-refractivity contribution in [2.45, 2.75) is 12.9 Å². The summed E-state index contributed by atoms with van der Waals surface area (Å²) in [6.07, 6.45) is -4.96. The van der Waals surface area contributed by atoms with Gasteiger partial charge in [-0.05, 0) is 6.07 Å². The molecule has 1 aromatic heterocycles. The van der Waals surface area contributed by atoms with Crippen molar-refractivity contribution < 1.29 is 22.3 Å². The molecule has 0 aliphatic carbocycles. The zero-order valence-corrected chi connectivity index (χ0v) is 7.31. The third-order valence-electron chi connectivity index (χ3n) is 1.47. The van der Waals surface area contributed by atoms with E-state index in [0.29, 0.717) is 0 Å². The number of nitrogens with zero attached hydrogens (tertiary/aromatic N) is 1. The van der Waals surface area contributed by atoms with Gasteiger partial charge in [-0.1, -0.05) is 0 Å². The normalized spacial score (nSPS) is 11.5. The van der Waals surface area contributed by atoms with Crippen LogP contribution in [0.4, 0.5) is 23.2 Å². The van der Waals surface area contributed by atoms with E-state index in [1.165, 1.54) is 0 Å². The van der Waals surface area contributed by atoms with Crippen molar-refractivity contribution in [2.75, 3.05) is 5.73 Å². The molecule has 0 aromatic carbocycles. The monoisotopic (exact) mass is 225 g/mol. The van der Waals surface area contributed by atoms with E-state index in [1.54, 1.807) is 0 Å². The largest absolute Gasteiger partial charge is 0.574 e. The van der Waals surface area contributed by atoms with Crippen LogP contribution in [0.1, 0.15) is 5.56 Å². The second-order valence-electron chi connectivity index (χ2n) is 2.58. The summed E-state index contributed by atoms with van der Waals surface area (Å²) in [6.45, 7) is -0.213. The Bertz CT molecular complexity index is 366. The first-order valence-corrected chi connectivity index (χ1v) is 3.74. The molecular weight excluding hydrogens is 218 g/mol. The molecule has 0 saturated heterocycles. The van der Waals surface area contributed by atoms with Crippen LogP contribution >= 0.6 is 0 Å². The molecule has 1 heterocycles. The molecule has 0 amide bonds. The topological polar surface area (TPSA) is 74.2 Å².